The Kier molecular flexibility index (Phi) is 5.43. The van der Waals surface area contributed by atoms with Crippen LogP contribution < -0.4 is 5.32 Å². The molecule has 5 nitrogen and oxygen atoms in total. The minimum Gasteiger partial charge on any atom is -0.411 e. The van der Waals surface area contributed by atoms with Crippen molar-refractivity contribution in [3.8, 4) is 11.5 Å². The lowest BCUT2D eigenvalue weighted by atomic mass is 10.2. The summed E-state index contributed by atoms with van der Waals surface area (Å²) in [5, 5.41) is 11.7. The van der Waals surface area contributed by atoms with Crippen LogP contribution in [-0.2, 0) is 4.79 Å². The lowest BCUT2D eigenvalue weighted by Gasteiger charge is -2.00. The second-order valence-corrected chi connectivity index (χ2v) is 5.38. The molecule has 1 heterocycles. The fraction of sp³-hybridized carbons (Fsp3) is 0.308. The summed E-state index contributed by atoms with van der Waals surface area (Å²) in [6.45, 7) is 2.68. The van der Waals surface area contributed by atoms with E-state index in [1.807, 2.05) is 6.92 Å². The van der Waals surface area contributed by atoms with E-state index in [-0.39, 0.29) is 11.7 Å². The molecule has 0 spiro atoms. The molecular formula is C13H14ClN3O2S. The second-order valence-electron chi connectivity index (χ2n) is 4.02. The average molecular weight is 312 g/mol. The maximum Gasteiger partial charge on any atom is 0.277 e. The van der Waals surface area contributed by atoms with Gasteiger partial charge < -0.3 is 9.73 Å². The van der Waals surface area contributed by atoms with Crippen LogP contribution in [0, 0.1) is 0 Å². The van der Waals surface area contributed by atoms with Crippen LogP contribution in [0.15, 0.2) is 33.9 Å². The van der Waals surface area contributed by atoms with Gasteiger partial charge in [0.1, 0.15) is 0 Å². The molecule has 20 heavy (non-hydrogen) atoms. The molecule has 0 unspecified atom stereocenters. The Bertz CT molecular complexity index is 571. The van der Waals surface area contributed by atoms with E-state index in [2.05, 4.69) is 15.5 Å². The van der Waals surface area contributed by atoms with Crippen molar-refractivity contribution in [1.29, 1.82) is 0 Å². The number of carbonyl (C=O) groups is 1. The van der Waals surface area contributed by atoms with Gasteiger partial charge in [-0.2, -0.15) is 0 Å². The van der Waals surface area contributed by atoms with Crippen LogP contribution in [0.5, 0.6) is 0 Å². The minimum absolute atomic E-state index is 0.0388. The molecule has 1 aromatic carbocycles. The molecule has 2 aromatic rings. The van der Waals surface area contributed by atoms with Gasteiger partial charge in [-0.3, -0.25) is 4.79 Å². The second kappa shape index (κ2) is 7.31. The van der Waals surface area contributed by atoms with Crippen molar-refractivity contribution < 1.29 is 9.21 Å². The molecule has 1 N–H and O–H groups in total. The summed E-state index contributed by atoms with van der Waals surface area (Å²) in [6.07, 6.45) is 0.914. The molecule has 0 bridgehead atoms. The summed E-state index contributed by atoms with van der Waals surface area (Å²) in [4.78, 5) is 11.5. The van der Waals surface area contributed by atoms with E-state index in [0.717, 1.165) is 12.0 Å². The van der Waals surface area contributed by atoms with Crippen molar-refractivity contribution in [1.82, 2.24) is 15.5 Å². The molecule has 0 radical (unpaired) electrons. The number of hydrogen-bond donors (Lipinski definition) is 1. The van der Waals surface area contributed by atoms with E-state index in [4.69, 9.17) is 16.0 Å². The number of aromatic nitrogens is 2. The molecule has 0 saturated heterocycles. The van der Waals surface area contributed by atoms with Gasteiger partial charge >= 0.3 is 0 Å². The van der Waals surface area contributed by atoms with Crippen LogP contribution in [0.2, 0.25) is 5.02 Å². The molecule has 0 atom stereocenters. The molecule has 1 amide bonds. The number of benzene rings is 1. The predicted octanol–water partition coefficient (Wildman–Crippen LogP) is 3.01. The van der Waals surface area contributed by atoms with Gasteiger partial charge in [-0.05, 0) is 30.7 Å². The van der Waals surface area contributed by atoms with Gasteiger partial charge in [0, 0.05) is 17.1 Å². The summed E-state index contributed by atoms with van der Waals surface area (Å²) in [6, 6.07) is 7.12. The van der Waals surface area contributed by atoms with Crippen molar-refractivity contribution in [2.45, 2.75) is 18.6 Å². The lowest BCUT2D eigenvalue weighted by Crippen LogP contribution is -2.25. The highest BCUT2D eigenvalue weighted by Gasteiger charge is 2.10. The smallest absolute Gasteiger partial charge is 0.277 e. The van der Waals surface area contributed by atoms with Gasteiger partial charge in [0.25, 0.3) is 5.22 Å². The molecule has 7 heteroatoms. The van der Waals surface area contributed by atoms with Gasteiger partial charge in [0.2, 0.25) is 11.8 Å². The Hall–Kier alpha value is -1.53. The largest absolute Gasteiger partial charge is 0.411 e. The topological polar surface area (TPSA) is 68.0 Å². The van der Waals surface area contributed by atoms with Crippen molar-refractivity contribution in [2.24, 2.45) is 0 Å². The SMILES string of the molecule is CCCNC(=O)CSc1nnc(-c2ccc(Cl)cc2)o1. The number of hydrogen-bond acceptors (Lipinski definition) is 5. The number of rotatable bonds is 6. The fourth-order valence-corrected chi connectivity index (χ4v) is 2.14. The monoisotopic (exact) mass is 311 g/mol. The zero-order chi connectivity index (χ0) is 14.4. The van der Waals surface area contributed by atoms with Crippen LogP contribution in [0.4, 0.5) is 0 Å². The Morgan fingerprint density at radius 2 is 2.10 bits per heavy atom. The van der Waals surface area contributed by atoms with Gasteiger partial charge in [0.15, 0.2) is 0 Å². The quantitative estimate of drug-likeness (QED) is 0.831. The average Bonchev–Trinajstić information content (AvgIpc) is 2.92. The molecule has 2 rings (SSSR count). The van der Waals surface area contributed by atoms with E-state index < -0.39 is 0 Å². The first kappa shape index (κ1) is 14.9. The highest BCUT2D eigenvalue weighted by atomic mass is 35.5. The highest BCUT2D eigenvalue weighted by molar-refractivity contribution is 7.99. The normalized spacial score (nSPS) is 10.5. The Morgan fingerprint density at radius 3 is 2.80 bits per heavy atom. The zero-order valence-corrected chi connectivity index (χ0v) is 12.5. The van der Waals surface area contributed by atoms with Crippen LogP contribution in [0.1, 0.15) is 13.3 Å². The Morgan fingerprint density at radius 1 is 1.35 bits per heavy atom. The fourth-order valence-electron chi connectivity index (χ4n) is 1.42. The molecular weight excluding hydrogens is 298 g/mol. The van der Waals surface area contributed by atoms with Crippen LogP contribution in [-0.4, -0.2) is 28.4 Å². The number of amides is 1. The van der Waals surface area contributed by atoms with Crippen LogP contribution >= 0.6 is 23.4 Å². The summed E-state index contributed by atoms with van der Waals surface area (Å²) in [5.74, 6) is 0.642. The maximum absolute atomic E-state index is 11.5. The number of thioether (sulfide) groups is 1. The summed E-state index contributed by atoms with van der Waals surface area (Å²) < 4.78 is 5.48. The van der Waals surface area contributed by atoms with Crippen molar-refractivity contribution in [3.63, 3.8) is 0 Å². The van der Waals surface area contributed by atoms with Gasteiger partial charge in [-0.15, -0.1) is 10.2 Å². The number of halogens is 1. The summed E-state index contributed by atoms with van der Waals surface area (Å²) >= 11 is 7.03. The first-order chi connectivity index (χ1) is 9.69. The third-order valence-corrected chi connectivity index (χ3v) is 3.47. The van der Waals surface area contributed by atoms with Crippen LogP contribution in [0.3, 0.4) is 0 Å². The molecule has 106 valence electrons. The molecule has 0 aliphatic heterocycles. The van der Waals surface area contributed by atoms with Crippen molar-refractivity contribution in [2.75, 3.05) is 12.3 Å². The number of nitrogens with zero attached hydrogens (tertiary/aromatic N) is 2. The summed E-state index contributed by atoms with van der Waals surface area (Å²) in [5.41, 5.74) is 0.796. The number of nitrogens with one attached hydrogen (secondary N) is 1. The molecule has 1 aromatic heterocycles. The third kappa shape index (κ3) is 4.25. The molecule has 0 aliphatic rings. The van der Waals surface area contributed by atoms with E-state index in [1.54, 1.807) is 24.3 Å². The predicted molar refractivity (Wildman–Crippen MR) is 78.8 cm³/mol. The zero-order valence-electron chi connectivity index (χ0n) is 10.9. The third-order valence-electron chi connectivity index (χ3n) is 2.40. The Labute approximate surface area is 126 Å². The summed E-state index contributed by atoms with van der Waals surface area (Å²) in [7, 11) is 0. The van der Waals surface area contributed by atoms with Crippen molar-refractivity contribution in [3.05, 3.63) is 29.3 Å². The minimum atomic E-state index is -0.0388. The maximum atomic E-state index is 11.5. The van der Waals surface area contributed by atoms with Crippen LogP contribution in [0.25, 0.3) is 11.5 Å². The van der Waals surface area contributed by atoms with Gasteiger partial charge in [0.05, 0.1) is 5.75 Å². The van der Waals surface area contributed by atoms with E-state index in [1.165, 1.54) is 11.8 Å². The lowest BCUT2D eigenvalue weighted by molar-refractivity contribution is -0.118. The van der Waals surface area contributed by atoms with E-state index in [9.17, 15) is 4.79 Å². The first-order valence-electron chi connectivity index (χ1n) is 6.18. The first-order valence-corrected chi connectivity index (χ1v) is 7.54. The highest BCUT2D eigenvalue weighted by Crippen LogP contribution is 2.24. The standard InChI is InChI=1S/C13H14ClN3O2S/c1-2-7-15-11(18)8-20-13-17-16-12(19-13)9-3-5-10(14)6-4-9/h3-6H,2,7-8H2,1H3,(H,15,18). The molecule has 0 saturated carbocycles. The molecule has 0 fully saturated rings. The Balaban J connectivity index is 1.92. The molecule has 0 aliphatic carbocycles. The number of carbonyl (C=O) groups excluding carboxylic acids is 1. The van der Waals surface area contributed by atoms with E-state index >= 15 is 0 Å². The van der Waals surface area contributed by atoms with E-state index in [0.29, 0.717) is 22.7 Å². The van der Waals surface area contributed by atoms with Crippen molar-refractivity contribution >= 4 is 29.3 Å². The van der Waals surface area contributed by atoms with Gasteiger partial charge in [-0.25, -0.2) is 0 Å². The van der Waals surface area contributed by atoms with Gasteiger partial charge in [-0.1, -0.05) is 30.3 Å².